The minimum absolute atomic E-state index is 0.290. The molecule has 18 heavy (non-hydrogen) atoms. The van der Waals surface area contributed by atoms with Crippen molar-refractivity contribution in [2.45, 2.75) is 6.54 Å². The maximum atomic E-state index is 12.0. The van der Waals surface area contributed by atoms with Crippen LogP contribution in [0.15, 0.2) is 30.6 Å². The monoisotopic (exact) mass is 264 g/mol. The number of aromatic nitrogens is 2. The fourth-order valence-electron chi connectivity index (χ4n) is 1.61. The van der Waals surface area contributed by atoms with Crippen molar-refractivity contribution in [1.29, 1.82) is 0 Å². The molecule has 0 fully saturated rings. The molecule has 5 nitrogen and oxygen atoms in total. The second kappa shape index (κ2) is 5.10. The summed E-state index contributed by atoms with van der Waals surface area (Å²) in [5, 5.41) is 7.12. The van der Waals surface area contributed by atoms with Crippen LogP contribution < -0.4 is 11.1 Å². The topological polar surface area (TPSA) is 72.9 Å². The van der Waals surface area contributed by atoms with E-state index in [-0.39, 0.29) is 5.91 Å². The summed E-state index contributed by atoms with van der Waals surface area (Å²) in [5.74, 6) is -0.290. The van der Waals surface area contributed by atoms with Crippen molar-refractivity contribution in [3.05, 3.63) is 46.7 Å². The van der Waals surface area contributed by atoms with Crippen LogP contribution in [0.4, 0.5) is 5.69 Å². The maximum Gasteiger partial charge on any atom is 0.255 e. The van der Waals surface area contributed by atoms with E-state index < -0.39 is 0 Å². The molecule has 0 saturated heterocycles. The number of halogens is 1. The van der Waals surface area contributed by atoms with Crippen LogP contribution in [0.5, 0.6) is 0 Å². The van der Waals surface area contributed by atoms with E-state index >= 15 is 0 Å². The van der Waals surface area contributed by atoms with Gasteiger partial charge < -0.3 is 11.1 Å². The quantitative estimate of drug-likeness (QED) is 0.827. The zero-order valence-corrected chi connectivity index (χ0v) is 10.6. The highest BCUT2D eigenvalue weighted by molar-refractivity contribution is 6.34. The molecule has 2 aromatic rings. The summed E-state index contributed by atoms with van der Waals surface area (Å²) in [6.45, 7) is 0.386. The largest absolute Gasteiger partial charge is 0.398 e. The first kappa shape index (κ1) is 12.4. The zero-order chi connectivity index (χ0) is 13.1. The number of nitrogens with one attached hydrogen (secondary N) is 1. The van der Waals surface area contributed by atoms with E-state index in [4.69, 9.17) is 17.3 Å². The number of amides is 1. The molecule has 2 rings (SSSR count). The normalized spacial score (nSPS) is 10.3. The Morgan fingerprint density at radius 3 is 2.94 bits per heavy atom. The number of anilines is 1. The minimum atomic E-state index is -0.290. The van der Waals surface area contributed by atoms with Gasteiger partial charge in [-0.05, 0) is 12.1 Å². The van der Waals surface area contributed by atoms with E-state index in [1.54, 1.807) is 29.1 Å². The number of carbonyl (C=O) groups excluding carboxylic acids is 1. The van der Waals surface area contributed by atoms with E-state index in [1.807, 2.05) is 13.2 Å². The molecule has 0 radical (unpaired) electrons. The first-order valence-electron chi connectivity index (χ1n) is 5.37. The summed E-state index contributed by atoms with van der Waals surface area (Å²) in [6, 6.07) is 4.98. The van der Waals surface area contributed by atoms with E-state index in [9.17, 15) is 4.79 Å². The number of hydrogen-bond donors (Lipinski definition) is 2. The Labute approximate surface area is 110 Å². The van der Waals surface area contributed by atoms with Gasteiger partial charge >= 0.3 is 0 Å². The van der Waals surface area contributed by atoms with Crippen LogP contribution in [0.1, 0.15) is 15.9 Å². The molecule has 0 saturated carbocycles. The van der Waals surface area contributed by atoms with Crippen LogP contribution in [-0.4, -0.2) is 15.7 Å². The molecule has 1 amide bonds. The van der Waals surface area contributed by atoms with Crippen LogP contribution >= 0.6 is 11.6 Å². The van der Waals surface area contributed by atoms with Gasteiger partial charge in [0.25, 0.3) is 5.91 Å². The van der Waals surface area contributed by atoms with Gasteiger partial charge in [0, 0.05) is 31.0 Å². The molecule has 0 spiro atoms. The SMILES string of the molecule is Cn1cc(CNC(=O)c2c(N)cccc2Cl)cn1. The molecule has 0 unspecified atom stereocenters. The van der Waals surface area contributed by atoms with E-state index in [0.29, 0.717) is 22.8 Å². The fraction of sp³-hybridized carbons (Fsp3) is 0.167. The molecule has 1 aromatic carbocycles. The van der Waals surface area contributed by atoms with Crippen molar-refractivity contribution in [2.75, 3.05) is 5.73 Å². The second-order valence-electron chi connectivity index (χ2n) is 3.91. The molecule has 0 bridgehead atoms. The van der Waals surface area contributed by atoms with Crippen LogP contribution in [0, 0.1) is 0 Å². The van der Waals surface area contributed by atoms with Crippen molar-refractivity contribution in [3.63, 3.8) is 0 Å². The number of carbonyl (C=O) groups is 1. The summed E-state index contributed by atoms with van der Waals surface area (Å²) >= 11 is 5.95. The second-order valence-corrected chi connectivity index (χ2v) is 4.32. The molecular formula is C12H13ClN4O. The average molecular weight is 265 g/mol. The van der Waals surface area contributed by atoms with Crippen LogP contribution in [-0.2, 0) is 13.6 Å². The Balaban J connectivity index is 2.08. The summed E-state index contributed by atoms with van der Waals surface area (Å²) in [7, 11) is 1.82. The Kier molecular flexibility index (Phi) is 3.53. The van der Waals surface area contributed by atoms with Crippen LogP contribution in [0.2, 0.25) is 5.02 Å². The lowest BCUT2D eigenvalue weighted by Gasteiger charge is -2.08. The number of hydrogen-bond acceptors (Lipinski definition) is 3. The summed E-state index contributed by atoms with van der Waals surface area (Å²) in [4.78, 5) is 12.0. The maximum absolute atomic E-state index is 12.0. The molecule has 6 heteroatoms. The van der Waals surface area contributed by atoms with Crippen LogP contribution in [0.25, 0.3) is 0 Å². The molecule has 0 aliphatic rings. The van der Waals surface area contributed by atoms with Crippen LogP contribution in [0.3, 0.4) is 0 Å². The highest BCUT2D eigenvalue weighted by Crippen LogP contribution is 2.21. The third-order valence-electron chi connectivity index (χ3n) is 2.48. The lowest BCUT2D eigenvalue weighted by Crippen LogP contribution is -2.24. The molecule has 3 N–H and O–H groups in total. The lowest BCUT2D eigenvalue weighted by atomic mass is 10.1. The van der Waals surface area contributed by atoms with Gasteiger partial charge in [0.2, 0.25) is 0 Å². The van der Waals surface area contributed by atoms with Crippen molar-refractivity contribution in [2.24, 2.45) is 7.05 Å². The highest BCUT2D eigenvalue weighted by atomic mass is 35.5. The molecule has 1 aromatic heterocycles. The van der Waals surface area contributed by atoms with Gasteiger partial charge in [-0.1, -0.05) is 17.7 Å². The Hall–Kier alpha value is -2.01. The van der Waals surface area contributed by atoms with E-state index in [0.717, 1.165) is 5.56 Å². The standard InChI is InChI=1S/C12H13ClN4O/c1-17-7-8(6-16-17)5-15-12(18)11-9(13)3-2-4-10(11)14/h2-4,6-7H,5,14H2,1H3,(H,15,18). The zero-order valence-electron chi connectivity index (χ0n) is 9.85. The molecule has 94 valence electrons. The highest BCUT2D eigenvalue weighted by Gasteiger charge is 2.13. The van der Waals surface area contributed by atoms with Gasteiger partial charge in [-0.15, -0.1) is 0 Å². The van der Waals surface area contributed by atoms with Gasteiger partial charge in [0.05, 0.1) is 16.8 Å². The summed E-state index contributed by atoms with van der Waals surface area (Å²) < 4.78 is 1.67. The van der Waals surface area contributed by atoms with Gasteiger partial charge in [0.15, 0.2) is 0 Å². The van der Waals surface area contributed by atoms with E-state index in [1.165, 1.54) is 0 Å². The number of nitrogens with zero attached hydrogens (tertiary/aromatic N) is 2. The predicted octanol–water partition coefficient (Wildman–Crippen LogP) is 1.59. The predicted molar refractivity (Wildman–Crippen MR) is 70.2 cm³/mol. The summed E-state index contributed by atoms with van der Waals surface area (Å²) in [5.41, 5.74) is 7.32. The molecular weight excluding hydrogens is 252 g/mol. The Morgan fingerprint density at radius 2 is 2.33 bits per heavy atom. The van der Waals surface area contributed by atoms with E-state index in [2.05, 4.69) is 10.4 Å². The molecule has 0 aliphatic heterocycles. The number of nitrogens with two attached hydrogens (primary N) is 1. The first-order valence-corrected chi connectivity index (χ1v) is 5.75. The Bertz CT molecular complexity index is 559. The number of nitrogen functional groups attached to an aromatic ring is 1. The van der Waals surface area contributed by atoms with Crippen molar-refractivity contribution < 1.29 is 4.79 Å². The average Bonchev–Trinajstić information content (AvgIpc) is 2.72. The van der Waals surface area contributed by atoms with Gasteiger partial charge in [-0.3, -0.25) is 9.48 Å². The smallest absolute Gasteiger partial charge is 0.255 e. The third-order valence-corrected chi connectivity index (χ3v) is 2.80. The van der Waals surface area contributed by atoms with Gasteiger partial charge in [-0.2, -0.15) is 5.10 Å². The molecule has 0 aliphatic carbocycles. The Morgan fingerprint density at radius 1 is 1.56 bits per heavy atom. The number of benzene rings is 1. The first-order chi connectivity index (χ1) is 8.58. The van der Waals surface area contributed by atoms with Crippen molar-refractivity contribution >= 4 is 23.2 Å². The lowest BCUT2D eigenvalue weighted by molar-refractivity contribution is 0.0952. The van der Waals surface area contributed by atoms with Gasteiger partial charge in [0.1, 0.15) is 0 Å². The number of rotatable bonds is 3. The third kappa shape index (κ3) is 2.62. The van der Waals surface area contributed by atoms with Crippen molar-refractivity contribution in [3.8, 4) is 0 Å². The molecule has 0 atom stereocenters. The molecule has 1 heterocycles. The summed E-state index contributed by atoms with van der Waals surface area (Å²) in [6.07, 6.45) is 3.52. The number of aryl methyl sites for hydroxylation is 1. The van der Waals surface area contributed by atoms with Crippen molar-refractivity contribution in [1.82, 2.24) is 15.1 Å². The minimum Gasteiger partial charge on any atom is -0.398 e. The van der Waals surface area contributed by atoms with Gasteiger partial charge in [-0.25, -0.2) is 0 Å². The fourth-order valence-corrected chi connectivity index (χ4v) is 1.88.